The smallest absolute Gasteiger partial charge is 0.282 e. The van der Waals surface area contributed by atoms with Gasteiger partial charge in [0, 0.05) is 18.2 Å². The fourth-order valence-corrected chi connectivity index (χ4v) is 2.32. The first-order valence-corrected chi connectivity index (χ1v) is 7.40. The van der Waals surface area contributed by atoms with Gasteiger partial charge < -0.3 is 5.32 Å². The third-order valence-electron chi connectivity index (χ3n) is 3.60. The molecule has 25 heavy (non-hydrogen) atoms. The normalized spacial score (nSPS) is 10.4. The maximum Gasteiger partial charge on any atom is 0.282 e. The first kappa shape index (κ1) is 16.2. The molecule has 1 amide bonds. The third kappa shape index (κ3) is 3.66. The van der Waals surface area contributed by atoms with Gasteiger partial charge in [-0.25, -0.2) is 0 Å². The average molecular weight is 338 g/mol. The molecule has 0 fully saturated rings. The lowest BCUT2D eigenvalue weighted by Crippen LogP contribution is -2.23. The summed E-state index contributed by atoms with van der Waals surface area (Å²) < 4.78 is 0. The van der Waals surface area contributed by atoms with E-state index in [1.165, 1.54) is 12.1 Å². The Morgan fingerprint density at radius 2 is 2.00 bits per heavy atom. The molecule has 1 heterocycles. The van der Waals surface area contributed by atoms with E-state index >= 15 is 0 Å². The predicted molar refractivity (Wildman–Crippen MR) is 88.6 cm³/mol. The Morgan fingerprint density at radius 1 is 1.24 bits per heavy atom. The molecule has 0 radical (unpaired) electrons. The van der Waals surface area contributed by atoms with E-state index in [1.54, 1.807) is 13.0 Å². The van der Waals surface area contributed by atoms with Crippen molar-refractivity contribution >= 4 is 11.6 Å². The number of aryl methyl sites for hydroxylation is 1. The Bertz CT molecular complexity index is 906. The molecule has 126 valence electrons. The van der Waals surface area contributed by atoms with Gasteiger partial charge >= 0.3 is 0 Å². The van der Waals surface area contributed by atoms with Gasteiger partial charge in [0.05, 0.1) is 4.92 Å². The molecule has 0 unspecified atom stereocenters. The number of carbonyl (C=O) groups is 1. The third-order valence-corrected chi connectivity index (χ3v) is 3.60. The molecule has 0 saturated heterocycles. The molecule has 0 bridgehead atoms. The van der Waals surface area contributed by atoms with Crippen LogP contribution in [0.2, 0.25) is 0 Å². The number of nitro benzene ring substituents is 1. The second-order valence-electron chi connectivity index (χ2n) is 5.39. The minimum atomic E-state index is -0.561. The van der Waals surface area contributed by atoms with E-state index in [1.807, 2.05) is 24.3 Å². The summed E-state index contributed by atoms with van der Waals surface area (Å²) in [5, 5.41) is 27.4. The van der Waals surface area contributed by atoms with Crippen LogP contribution in [-0.2, 0) is 6.54 Å². The molecular formula is C16H14N6O3. The molecule has 1 aromatic heterocycles. The number of nitrogens with zero attached hydrogens (tertiary/aromatic N) is 4. The van der Waals surface area contributed by atoms with Gasteiger partial charge in [-0.15, -0.1) is 10.2 Å². The van der Waals surface area contributed by atoms with Crippen LogP contribution in [0.1, 0.15) is 21.5 Å². The van der Waals surface area contributed by atoms with E-state index < -0.39 is 10.8 Å². The van der Waals surface area contributed by atoms with Crippen LogP contribution in [0.4, 0.5) is 5.69 Å². The number of aromatic amines is 1. The van der Waals surface area contributed by atoms with Crippen LogP contribution in [0.3, 0.4) is 0 Å². The topological polar surface area (TPSA) is 127 Å². The van der Waals surface area contributed by atoms with Crippen molar-refractivity contribution in [3.63, 3.8) is 0 Å². The summed E-state index contributed by atoms with van der Waals surface area (Å²) in [5.41, 5.74) is 2.25. The molecule has 2 N–H and O–H groups in total. The van der Waals surface area contributed by atoms with E-state index in [0.29, 0.717) is 5.82 Å². The first-order chi connectivity index (χ1) is 12.0. The van der Waals surface area contributed by atoms with E-state index in [0.717, 1.165) is 16.7 Å². The molecule has 0 aliphatic heterocycles. The fraction of sp³-hybridized carbons (Fsp3) is 0.125. The maximum atomic E-state index is 12.3. The van der Waals surface area contributed by atoms with Crippen molar-refractivity contribution in [1.29, 1.82) is 0 Å². The summed E-state index contributed by atoms with van der Waals surface area (Å²) in [7, 11) is 0. The monoisotopic (exact) mass is 338 g/mol. The largest absolute Gasteiger partial charge is 0.348 e. The van der Waals surface area contributed by atoms with Crippen molar-refractivity contribution in [1.82, 2.24) is 25.9 Å². The van der Waals surface area contributed by atoms with Crippen molar-refractivity contribution in [3.8, 4) is 11.4 Å². The number of rotatable bonds is 5. The van der Waals surface area contributed by atoms with Crippen LogP contribution in [0.25, 0.3) is 11.4 Å². The van der Waals surface area contributed by atoms with Gasteiger partial charge in [-0.1, -0.05) is 30.3 Å². The number of amides is 1. The van der Waals surface area contributed by atoms with E-state index in [-0.39, 0.29) is 17.8 Å². The second kappa shape index (κ2) is 6.87. The quantitative estimate of drug-likeness (QED) is 0.541. The number of benzene rings is 2. The van der Waals surface area contributed by atoms with Crippen LogP contribution in [0.5, 0.6) is 0 Å². The Hall–Kier alpha value is -3.62. The zero-order chi connectivity index (χ0) is 17.8. The predicted octanol–water partition coefficient (Wildman–Crippen LogP) is 2.01. The molecule has 9 heteroatoms. The minimum Gasteiger partial charge on any atom is -0.348 e. The summed E-state index contributed by atoms with van der Waals surface area (Å²) in [6, 6.07) is 11.7. The number of tetrazole rings is 1. The van der Waals surface area contributed by atoms with Gasteiger partial charge in [-0.3, -0.25) is 14.9 Å². The Labute approximate surface area is 142 Å². The summed E-state index contributed by atoms with van der Waals surface area (Å²) >= 11 is 0. The number of nitro groups is 1. The lowest BCUT2D eigenvalue weighted by Gasteiger charge is -2.07. The van der Waals surface area contributed by atoms with Crippen LogP contribution in [0, 0.1) is 17.0 Å². The Morgan fingerprint density at radius 3 is 2.64 bits per heavy atom. The zero-order valence-corrected chi connectivity index (χ0v) is 13.3. The number of H-pyrrole nitrogens is 1. The average Bonchev–Trinajstić information content (AvgIpc) is 3.14. The number of hydrogen-bond acceptors (Lipinski definition) is 6. The highest BCUT2D eigenvalue weighted by Gasteiger charge is 2.19. The number of carbonyl (C=O) groups excluding carboxylic acids is 1. The molecule has 3 rings (SSSR count). The van der Waals surface area contributed by atoms with Crippen molar-refractivity contribution in [3.05, 3.63) is 69.3 Å². The Balaban J connectivity index is 1.70. The van der Waals surface area contributed by atoms with Crippen LogP contribution >= 0.6 is 0 Å². The first-order valence-electron chi connectivity index (χ1n) is 7.40. The van der Waals surface area contributed by atoms with Gasteiger partial charge in [-0.05, 0) is 29.3 Å². The summed E-state index contributed by atoms with van der Waals surface area (Å²) in [6.45, 7) is 2.02. The molecule has 0 aliphatic carbocycles. The van der Waals surface area contributed by atoms with Crippen molar-refractivity contribution < 1.29 is 9.72 Å². The van der Waals surface area contributed by atoms with Gasteiger partial charge in [0.2, 0.25) is 5.82 Å². The molecule has 0 saturated carbocycles. The molecule has 9 nitrogen and oxygen atoms in total. The lowest BCUT2D eigenvalue weighted by atomic mass is 10.1. The Kier molecular flexibility index (Phi) is 4.46. The molecule has 0 spiro atoms. The molecule has 2 aromatic carbocycles. The van der Waals surface area contributed by atoms with E-state index in [2.05, 4.69) is 25.9 Å². The van der Waals surface area contributed by atoms with Gasteiger partial charge in [0.15, 0.2) is 0 Å². The number of hydrogen-bond donors (Lipinski definition) is 2. The standard InChI is InChI=1S/C16H14N6O3/c1-10-2-7-14(22(24)25)13(8-10)16(23)17-9-11-3-5-12(6-4-11)15-18-20-21-19-15/h2-8H,9H2,1H3,(H,17,23)(H,18,19,20,21). The zero-order valence-electron chi connectivity index (χ0n) is 13.3. The molecular weight excluding hydrogens is 324 g/mol. The van der Waals surface area contributed by atoms with Crippen LogP contribution in [0.15, 0.2) is 42.5 Å². The van der Waals surface area contributed by atoms with Gasteiger partial charge in [0.1, 0.15) is 5.56 Å². The van der Waals surface area contributed by atoms with Crippen LogP contribution < -0.4 is 5.32 Å². The van der Waals surface area contributed by atoms with E-state index in [9.17, 15) is 14.9 Å². The van der Waals surface area contributed by atoms with Crippen LogP contribution in [-0.4, -0.2) is 31.5 Å². The summed E-state index contributed by atoms with van der Waals surface area (Å²) in [6.07, 6.45) is 0. The number of aromatic nitrogens is 4. The second-order valence-corrected chi connectivity index (χ2v) is 5.39. The number of nitrogens with one attached hydrogen (secondary N) is 2. The fourth-order valence-electron chi connectivity index (χ4n) is 2.32. The van der Waals surface area contributed by atoms with Gasteiger partial charge in [0.25, 0.3) is 11.6 Å². The maximum absolute atomic E-state index is 12.3. The van der Waals surface area contributed by atoms with Crippen molar-refractivity contribution in [2.45, 2.75) is 13.5 Å². The van der Waals surface area contributed by atoms with E-state index in [4.69, 9.17) is 0 Å². The van der Waals surface area contributed by atoms with Gasteiger partial charge in [-0.2, -0.15) is 5.21 Å². The highest BCUT2D eigenvalue weighted by atomic mass is 16.6. The van der Waals surface area contributed by atoms with Crippen molar-refractivity contribution in [2.75, 3.05) is 0 Å². The SMILES string of the molecule is Cc1ccc([N+](=O)[O-])c(C(=O)NCc2ccc(-c3nn[nH]n3)cc2)c1. The van der Waals surface area contributed by atoms with Crippen molar-refractivity contribution in [2.24, 2.45) is 0 Å². The minimum absolute atomic E-state index is 0.0495. The molecule has 3 aromatic rings. The highest BCUT2D eigenvalue weighted by Crippen LogP contribution is 2.20. The molecule has 0 aliphatic rings. The summed E-state index contributed by atoms with van der Waals surface area (Å²) in [4.78, 5) is 22.8. The highest BCUT2D eigenvalue weighted by molar-refractivity contribution is 5.98. The molecule has 0 atom stereocenters. The summed E-state index contributed by atoms with van der Waals surface area (Å²) in [5.74, 6) is -0.0105. The lowest BCUT2D eigenvalue weighted by molar-refractivity contribution is -0.385.